The topological polar surface area (TPSA) is 64.1 Å². The summed E-state index contributed by atoms with van der Waals surface area (Å²) in [6, 6.07) is 4.87. The number of nitrogens with zero attached hydrogens (tertiary/aromatic N) is 2. The molecule has 1 heterocycles. The zero-order valence-electron chi connectivity index (χ0n) is 10.6. The molecule has 0 amide bonds. The molecule has 1 aromatic carbocycles. The van der Waals surface area contributed by atoms with Gasteiger partial charge in [-0.05, 0) is 29.8 Å². The zero-order chi connectivity index (χ0) is 14.5. The van der Waals surface area contributed by atoms with Gasteiger partial charge in [0.15, 0.2) is 0 Å². The number of nitrogens with one attached hydrogen (secondary N) is 1. The first-order valence-electron chi connectivity index (χ1n) is 5.68. The van der Waals surface area contributed by atoms with Gasteiger partial charge in [0, 0.05) is 24.5 Å². The monoisotopic (exact) mass is 311 g/mol. The number of benzene rings is 1. The van der Waals surface area contributed by atoms with E-state index in [1.807, 2.05) is 0 Å². The second-order valence-corrected chi connectivity index (χ2v) is 4.65. The Bertz CT molecular complexity index is 618. The first-order valence-corrected chi connectivity index (χ1v) is 6.44. The summed E-state index contributed by atoms with van der Waals surface area (Å²) in [6.07, 6.45) is 3.22. The Morgan fingerprint density at radius 2 is 2.00 bits per heavy atom. The third kappa shape index (κ3) is 3.59. The average Bonchev–Trinajstić information content (AvgIpc) is 2.47. The van der Waals surface area contributed by atoms with E-state index in [1.54, 1.807) is 30.6 Å². The van der Waals surface area contributed by atoms with Crippen molar-refractivity contribution in [2.75, 3.05) is 12.4 Å². The molecule has 0 fully saturated rings. The second-order valence-electron chi connectivity index (χ2n) is 3.90. The molecule has 7 heteroatoms. The predicted molar refractivity (Wildman–Crippen MR) is 77.2 cm³/mol. The Kier molecular flexibility index (Phi) is 4.76. The van der Waals surface area contributed by atoms with E-state index < -0.39 is 5.97 Å². The van der Waals surface area contributed by atoms with Crippen molar-refractivity contribution in [3.8, 4) is 0 Å². The molecule has 20 heavy (non-hydrogen) atoms. The van der Waals surface area contributed by atoms with Crippen LogP contribution in [0.5, 0.6) is 0 Å². The SMILES string of the molecule is COC(=O)c1ccc(Cl)c(NCc2cnc(Cl)nc2)c1. The molecule has 2 rings (SSSR count). The summed E-state index contributed by atoms with van der Waals surface area (Å²) in [5.74, 6) is -0.417. The van der Waals surface area contributed by atoms with Crippen LogP contribution in [0.25, 0.3) is 0 Å². The minimum Gasteiger partial charge on any atom is -0.465 e. The maximum atomic E-state index is 11.5. The molecule has 0 saturated heterocycles. The van der Waals surface area contributed by atoms with Crippen molar-refractivity contribution in [2.45, 2.75) is 6.54 Å². The quantitative estimate of drug-likeness (QED) is 0.694. The van der Waals surface area contributed by atoms with Crippen LogP contribution in [0.1, 0.15) is 15.9 Å². The van der Waals surface area contributed by atoms with Gasteiger partial charge < -0.3 is 10.1 Å². The Hall–Kier alpha value is -1.85. The third-order valence-electron chi connectivity index (χ3n) is 2.54. The molecular weight excluding hydrogens is 301 g/mol. The maximum absolute atomic E-state index is 11.5. The highest BCUT2D eigenvalue weighted by molar-refractivity contribution is 6.33. The number of rotatable bonds is 4. The fourth-order valence-corrected chi connectivity index (χ4v) is 1.82. The lowest BCUT2D eigenvalue weighted by Crippen LogP contribution is -2.05. The van der Waals surface area contributed by atoms with Crippen molar-refractivity contribution in [2.24, 2.45) is 0 Å². The normalized spacial score (nSPS) is 10.2. The predicted octanol–water partition coefficient (Wildman–Crippen LogP) is 3.18. The minimum atomic E-state index is -0.417. The highest BCUT2D eigenvalue weighted by atomic mass is 35.5. The number of methoxy groups -OCH3 is 1. The highest BCUT2D eigenvalue weighted by Crippen LogP contribution is 2.24. The lowest BCUT2D eigenvalue weighted by Gasteiger charge is -2.09. The van der Waals surface area contributed by atoms with Crippen LogP contribution in [0.2, 0.25) is 10.3 Å². The molecule has 0 unspecified atom stereocenters. The number of ether oxygens (including phenoxy) is 1. The summed E-state index contributed by atoms with van der Waals surface area (Å²) >= 11 is 11.7. The van der Waals surface area contributed by atoms with Gasteiger partial charge in [0.05, 0.1) is 23.4 Å². The van der Waals surface area contributed by atoms with Gasteiger partial charge in [0.25, 0.3) is 0 Å². The Balaban J connectivity index is 2.12. The summed E-state index contributed by atoms with van der Waals surface area (Å²) in [6.45, 7) is 0.460. The number of esters is 1. The van der Waals surface area contributed by atoms with E-state index in [-0.39, 0.29) is 5.28 Å². The molecule has 0 saturated carbocycles. The van der Waals surface area contributed by atoms with E-state index in [0.29, 0.717) is 22.8 Å². The summed E-state index contributed by atoms with van der Waals surface area (Å²) in [4.78, 5) is 19.2. The number of aromatic nitrogens is 2. The van der Waals surface area contributed by atoms with Crippen molar-refractivity contribution in [3.63, 3.8) is 0 Å². The molecule has 1 aromatic heterocycles. The summed E-state index contributed by atoms with van der Waals surface area (Å²) in [5, 5.41) is 3.81. The van der Waals surface area contributed by atoms with E-state index in [4.69, 9.17) is 23.2 Å². The van der Waals surface area contributed by atoms with E-state index in [9.17, 15) is 4.79 Å². The molecule has 0 spiro atoms. The smallest absolute Gasteiger partial charge is 0.337 e. The Morgan fingerprint density at radius 3 is 2.65 bits per heavy atom. The van der Waals surface area contributed by atoms with Crippen molar-refractivity contribution in [1.82, 2.24) is 9.97 Å². The van der Waals surface area contributed by atoms with Gasteiger partial charge in [0.2, 0.25) is 5.28 Å². The van der Waals surface area contributed by atoms with Crippen molar-refractivity contribution in [3.05, 3.63) is 52.0 Å². The molecule has 1 N–H and O–H groups in total. The Labute approximate surface area is 125 Å². The van der Waals surface area contributed by atoms with Gasteiger partial charge in [-0.1, -0.05) is 11.6 Å². The summed E-state index contributed by atoms with van der Waals surface area (Å²) < 4.78 is 4.66. The second kappa shape index (κ2) is 6.54. The van der Waals surface area contributed by atoms with E-state index >= 15 is 0 Å². The molecule has 104 valence electrons. The first-order chi connectivity index (χ1) is 9.60. The molecular formula is C13H11Cl2N3O2. The van der Waals surface area contributed by atoms with Crippen molar-refractivity contribution < 1.29 is 9.53 Å². The van der Waals surface area contributed by atoms with Crippen LogP contribution in [0.15, 0.2) is 30.6 Å². The van der Waals surface area contributed by atoms with Crippen molar-refractivity contribution >= 4 is 34.9 Å². The van der Waals surface area contributed by atoms with Gasteiger partial charge in [-0.2, -0.15) is 0 Å². The molecule has 5 nitrogen and oxygen atoms in total. The zero-order valence-corrected chi connectivity index (χ0v) is 12.1. The van der Waals surface area contributed by atoms with Crippen LogP contribution >= 0.6 is 23.2 Å². The summed E-state index contributed by atoms with van der Waals surface area (Å²) in [7, 11) is 1.33. The van der Waals surface area contributed by atoms with Crippen molar-refractivity contribution in [1.29, 1.82) is 0 Å². The van der Waals surface area contributed by atoms with E-state index in [1.165, 1.54) is 7.11 Å². The van der Waals surface area contributed by atoms with Crippen LogP contribution in [-0.4, -0.2) is 23.0 Å². The number of carbonyl (C=O) groups is 1. The van der Waals surface area contributed by atoms with Crippen LogP contribution in [-0.2, 0) is 11.3 Å². The van der Waals surface area contributed by atoms with Gasteiger partial charge in [0.1, 0.15) is 0 Å². The molecule has 0 bridgehead atoms. The van der Waals surface area contributed by atoms with Gasteiger partial charge in [-0.15, -0.1) is 0 Å². The van der Waals surface area contributed by atoms with Crippen LogP contribution in [0.3, 0.4) is 0 Å². The number of hydrogen-bond acceptors (Lipinski definition) is 5. The molecule has 0 radical (unpaired) electrons. The maximum Gasteiger partial charge on any atom is 0.337 e. The molecule has 2 aromatic rings. The van der Waals surface area contributed by atoms with Crippen LogP contribution in [0.4, 0.5) is 5.69 Å². The van der Waals surface area contributed by atoms with Gasteiger partial charge in [-0.3, -0.25) is 0 Å². The van der Waals surface area contributed by atoms with Crippen LogP contribution in [0, 0.1) is 0 Å². The lowest BCUT2D eigenvalue weighted by molar-refractivity contribution is 0.0601. The largest absolute Gasteiger partial charge is 0.465 e. The minimum absolute atomic E-state index is 0.194. The Morgan fingerprint density at radius 1 is 1.30 bits per heavy atom. The number of hydrogen-bond donors (Lipinski definition) is 1. The highest BCUT2D eigenvalue weighted by Gasteiger charge is 2.08. The fourth-order valence-electron chi connectivity index (χ4n) is 1.53. The number of carbonyl (C=O) groups excluding carboxylic acids is 1. The fraction of sp³-hybridized carbons (Fsp3) is 0.154. The standard InChI is InChI=1S/C13H11Cl2N3O2/c1-20-12(19)9-2-3-10(14)11(4-9)16-5-8-6-17-13(15)18-7-8/h2-4,6-7,16H,5H2,1H3. The van der Waals surface area contributed by atoms with E-state index in [2.05, 4.69) is 20.0 Å². The van der Waals surface area contributed by atoms with E-state index in [0.717, 1.165) is 5.56 Å². The number of anilines is 1. The molecule has 0 aliphatic rings. The average molecular weight is 312 g/mol. The third-order valence-corrected chi connectivity index (χ3v) is 3.07. The number of halogens is 2. The van der Waals surface area contributed by atoms with Crippen LogP contribution < -0.4 is 5.32 Å². The molecule has 0 aliphatic heterocycles. The first kappa shape index (κ1) is 14.6. The van der Waals surface area contributed by atoms with Gasteiger partial charge in [-0.25, -0.2) is 14.8 Å². The molecule has 0 aliphatic carbocycles. The summed E-state index contributed by atoms with van der Waals surface area (Å²) in [5.41, 5.74) is 1.89. The molecule has 0 atom stereocenters. The lowest BCUT2D eigenvalue weighted by atomic mass is 10.2. The van der Waals surface area contributed by atoms with Gasteiger partial charge >= 0.3 is 5.97 Å².